The normalized spacial score (nSPS) is 19.5. The van der Waals surface area contributed by atoms with Crippen molar-refractivity contribution in [2.75, 3.05) is 18.6 Å². The van der Waals surface area contributed by atoms with E-state index in [0.717, 1.165) is 5.69 Å². The van der Waals surface area contributed by atoms with E-state index in [-0.39, 0.29) is 11.8 Å². The highest BCUT2D eigenvalue weighted by Crippen LogP contribution is 2.33. The summed E-state index contributed by atoms with van der Waals surface area (Å²) in [6.07, 6.45) is 2.32. The van der Waals surface area contributed by atoms with Crippen molar-refractivity contribution in [1.29, 1.82) is 0 Å². The minimum Gasteiger partial charge on any atom is -0.497 e. The number of hydrogen-bond donors (Lipinski definition) is 0. The zero-order chi connectivity index (χ0) is 12.4. The molecule has 0 bridgehead atoms. The minimum atomic E-state index is 0.0852. The van der Waals surface area contributed by atoms with E-state index in [0.29, 0.717) is 23.7 Å². The summed E-state index contributed by atoms with van der Waals surface area (Å²) < 4.78 is 5.08. The Kier molecular flexibility index (Phi) is 3.38. The van der Waals surface area contributed by atoms with Gasteiger partial charge in [-0.15, -0.1) is 6.58 Å². The van der Waals surface area contributed by atoms with Crippen LogP contribution in [-0.2, 0) is 4.79 Å². The lowest BCUT2D eigenvalue weighted by Gasteiger charge is -2.18. The molecule has 1 amide bonds. The molecule has 0 spiro atoms. The predicted octanol–water partition coefficient (Wildman–Crippen LogP) is 2.89. The second kappa shape index (κ2) is 4.80. The standard InChI is InChI=1S/C13H14ClNO2/c1-3-9-6-13(16)15(8-9)12-5-4-10(17-2)7-11(12)14/h3-5,7,9H,1,6,8H2,2H3. The number of rotatable bonds is 3. The SMILES string of the molecule is C=CC1CC(=O)N(c2ccc(OC)cc2Cl)C1. The molecule has 1 aliphatic heterocycles. The first-order chi connectivity index (χ1) is 8.15. The van der Waals surface area contributed by atoms with Gasteiger partial charge in [0.1, 0.15) is 5.75 Å². The summed E-state index contributed by atoms with van der Waals surface area (Å²) in [5.74, 6) is 0.980. The molecule has 1 unspecified atom stereocenters. The van der Waals surface area contributed by atoms with Crippen molar-refractivity contribution >= 4 is 23.2 Å². The Bertz CT molecular complexity index is 459. The van der Waals surface area contributed by atoms with E-state index in [9.17, 15) is 4.79 Å². The van der Waals surface area contributed by atoms with Crippen LogP contribution in [0.25, 0.3) is 0 Å². The van der Waals surface area contributed by atoms with Crippen molar-refractivity contribution in [3.8, 4) is 5.75 Å². The zero-order valence-electron chi connectivity index (χ0n) is 9.65. The molecule has 17 heavy (non-hydrogen) atoms. The highest BCUT2D eigenvalue weighted by atomic mass is 35.5. The molecule has 0 aliphatic carbocycles. The topological polar surface area (TPSA) is 29.5 Å². The molecule has 0 aromatic heterocycles. The number of benzene rings is 1. The summed E-state index contributed by atoms with van der Waals surface area (Å²) >= 11 is 6.14. The first-order valence-electron chi connectivity index (χ1n) is 5.42. The maximum absolute atomic E-state index is 11.8. The average molecular weight is 252 g/mol. The Balaban J connectivity index is 2.28. The molecule has 1 aromatic carbocycles. The van der Waals surface area contributed by atoms with E-state index in [1.807, 2.05) is 12.1 Å². The van der Waals surface area contributed by atoms with Crippen LogP contribution in [0.3, 0.4) is 0 Å². The molecular formula is C13H14ClNO2. The molecule has 1 heterocycles. The van der Waals surface area contributed by atoms with Gasteiger partial charge in [0, 0.05) is 24.9 Å². The van der Waals surface area contributed by atoms with Crippen LogP contribution in [-0.4, -0.2) is 19.6 Å². The molecular weight excluding hydrogens is 238 g/mol. The van der Waals surface area contributed by atoms with Crippen LogP contribution in [0.2, 0.25) is 5.02 Å². The fourth-order valence-corrected chi connectivity index (χ4v) is 2.23. The summed E-state index contributed by atoms with van der Waals surface area (Å²) in [5.41, 5.74) is 0.738. The fourth-order valence-electron chi connectivity index (χ4n) is 1.96. The third-order valence-electron chi connectivity index (χ3n) is 2.93. The van der Waals surface area contributed by atoms with E-state index >= 15 is 0 Å². The van der Waals surface area contributed by atoms with Crippen molar-refractivity contribution in [3.63, 3.8) is 0 Å². The molecule has 1 aromatic rings. The van der Waals surface area contributed by atoms with Gasteiger partial charge in [0.05, 0.1) is 17.8 Å². The highest BCUT2D eigenvalue weighted by Gasteiger charge is 2.29. The Hall–Kier alpha value is -1.48. The summed E-state index contributed by atoms with van der Waals surface area (Å²) in [6.45, 7) is 4.37. The molecule has 1 atom stereocenters. The van der Waals surface area contributed by atoms with E-state index in [1.54, 1.807) is 24.1 Å². The molecule has 0 radical (unpaired) electrons. The number of carbonyl (C=O) groups excluding carboxylic acids is 1. The van der Waals surface area contributed by atoms with Crippen LogP contribution in [0.4, 0.5) is 5.69 Å². The summed E-state index contributed by atoms with van der Waals surface area (Å²) in [6, 6.07) is 5.33. The van der Waals surface area contributed by atoms with Gasteiger partial charge in [0.25, 0.3) is 0 Å². The van der Waals surface area contributed by atoms with Crippen molar-refractivity contribution in [2.24, 2.45) is 5.92 Å². The number of carbonyl (C=O) groups is 1. The predicted molar refractivity (Wildman–Crippen MR) is 68.7 cm³/mol. The van der Waals surface area contributed by atoms with Crippen LogP contribution in [0, 0.1) is 5.92 Å². The lowest BCUT2D eigenvalue weighted by molar-refractivity contribution is -0.117. The molecule has 2 rings (SSSR count). The van der Waals surface area contributed by atoms with Crippen LogP contribution in [0.15, 0.2) is 30.9 Å². The van der Waals surface area contributed by atoms with Crippen LogP contribution in [0.5, 0.6) is 5.75 Å². The first kappa shape index (κ1) is 12.0. The summed E-state index contributed by atoms with van der Waals surface area (Å²) in [7, 11) is 1.58. The minimum absolute atomic E-state index is 0.0852. The van der Waals surface area contributed by atoms with E-state index < -0.39 is 0 Å². The number of nitrogens with zero attached hydrogens (tertiary/aromatic N) is 1. The second-order valence-corrected chi connectivity index (χ2v) is 4.43. The number of halogens is 1. The van der Waals surface area contributed by atoms with E-state index in [1.165, 1.54) is 0 Å². The summed E-state index contributed by atoms with van der Waals surface area (Å²) in [5, 5.41) is 0.530. The molecule has 1 aliphatic rings. The van der Waals surface area contributed by atoms with Gasteiger partial charge in [0.2, 0.25) is 5.91 Å². The number of ether oxygens (including phenoxy) is 1. The first-order valence-corrected chi connectivity index (χ1v) is 5.80. The third-order valence-corrected chi connectivity index (χ3v) is 3.24. The fraction of sp³-hybridized carbons (Fsp3) is 0.308. The van der Waals surface area contributed by atoms with Crippen LogP contribution in [0.1, 0.15) is 6.42 Å². The molecule has 3 nitrogen and oxygen atoms in total. The molecule has 1 fully saturated rings. The van der Waals surface area contributed by atoms with Crippen molar-refractivity contribution in [2.45, 2.75) is 6.42 Å². The summed E-state index contributed by atoms with van der Waals surface area (Å²) in [4.78, 5) is 13.5. The molecule has 1 saturated heterocycles. The van der Waals surface area contributed by atoms with Gasteiger partial charge in [-0.05, 0) is 12.1 Å². The zero-order valence-corrected chi connectivity index (χ0v) is 10.4. The van der Waals surface area contributed by atoms with Gasteiger partial charge >= 0.3 is 0 Å². The Morgan fingerprint density at radius 3 is 2.88 bits per heavy atom. The van der Waals surface area contributed by atoms with Crippen LogP contribution >= 0.6 is 11.6 Å². The number of anilines is 1. The number of hydrogen-bond acceptors (Lipinski definition) is 2. The lowest BCUT2D eigenvalue weighted by Crippen LogP contribution is -2.24. The quantitative estimate of drug-likeness (QED) is 0.773. The average Bonchev–Trinajstić information content (AvgIpc) is 2.70. The van der Waals surface area contributed by atoms with E-state index in [4.69, 9.17) is 16.3 Å². The van der Waals surface area contributed by atoms with E-state index in [2.05, 4.69) is 6.58 Å². The highest BCUT2D eigenvalue weighted by molar-refractivity contribution is 6.34. The van der Waals surface area contributed by atoms with Gasteiger partial charge < -0.3 is 9.64 Å². The van der Waals surface area contributed by atoms with Gasteiger partial charge in [-0.2, -0.15) is 0 Å². The van der Waals surface area contributed by atoms with Crippen molar-refractivity contribution < 1.29 is 9.53 Å². The molecule has 4 heteroatoms. The number of methoxy groups -OCH3 is 1. The maximum Gasteiger partial charge on any atom is 0.227 e. The van der Waals surface area contributed by atoms with Gasteiger partial charge in [-0.3, -0.25) is 4.79 Å². The maximum atomic E-state index is 11.8. The second-order valence-electron chi connectivity index (χ2n) is 4.02. The monoisotopic (exact) mass is 251 g/mol. The van der Waals surface area contributed by atoms with Gasteiger partial charge in [0.15, 0.2) is 0 Å². The Morgan fingerprint density at radius 2 is 2.35 bits per heavy atom. The largest absolute Gasteiger partial charge is 0.497 e. The third kappa shape index (κ3) is 2.29. The smallest absolute Gasteiger partial charge is 0.227 e. The molecule has 0 saturated carbocycles. The number of amides is 1. The van der Waals surface area contributed by atoms with Crippen LogP contribution < -0.4 is 9.64 Å². The van der Waals surface area contributed by atoms with Gasteiger partial charge in [-0.1, -0.05) is 17.7 Å². The van der Waals surface area contributed by atoms with Crippen molar-refractivity contribution in [1.82, 2.24) is 0 Å². The Labute approximate surface area is 106 Å². The lowest BCUT2D eigenvalue weighted by atomic mass is 10.1. The van der Waals surface area contributed by atoms with Crippen molar-refractivity contribution in [3.05, 3.63) is 35.9 Å². The molecule has 90 valence electrons. The molecule has 0 N–H and O–H groups in total. The Morgan fingerprint density at radius 1 is 1.59 bits per heavy atom. The van der Waals surface area contributed by atoms with Gasteiger partial charge in [-0.25, -0.2) is 0 Å².